The van der Waals surface area contributed by atoms with Gasteiger partial charge in [0.2, 0.25) is 5.91 Å². The molecule has 2 atom stereocenters. The Morgan fingerprint density at radius 2 is 1.62 bits per heavy atom. The fourth-order valence-electron chi connectivity index (χ4n) is 7.37. The first kappa shape index (κ1) is 21.1. The molecule has 4 fully saturated rings. The normalized spacial score (nSPS) is 29.2. The smallest absolute Gasteiger partial charge is 0.273 e. The number of hydrazine groups is 1. The highest BCUT2D eigenvalue weighted by atomic mass is 16.2. The van der Waals surface area contributed by atoms with Gasteiger partial charge in [0.05, 0.1) is 10.8 Å². The molecule has 2 aromatic carbocycles. The Balaban J connectivity index is 1.24. The molecule has 2 amide bonds. The van der Waals surface area contributed by atoms with Crippen molar-refractivity contribution in [1.82, 2.24) is 21.0 Å². The molecule has 7 nitrogen and oxygen atoms in total. The van der Waals surface area contributed by atoms with Crippen LogP contribution in [0.3, 0.4) is 0 Å². The van der Waals surface area contributed by atoms with Gasteiger partial charge >= 0.3 is 0 Å². The first-order chi connectivity index (χ1) is 16.4. The maximum absolute atomic E-state index is 13.6. The molecule has 0 radical (unpaired) electrons. The van der Waals surface area contributed by atoms with Crippen LogP contribution in [0.25, 0.3) is 10.8 Å². The standard InChI is InChI=1S/C27H28N4O3/c1-16-6-8-19(9-7-16)26-11-17-10-18(12-26)14-27(13-17,15-26)25(34)31-30-24(33)22-20-4-2-3-5-21(20)23(32)29-28-22/h2-9,17-18H,10-15H2,1H3,(H,29,32)(H,30,33)(H,31,34). The second kappa shape index (κ2) is 7.52. The summed E-state index contributed by atoms with van der Waals surface area (Å²) in [4.78, 5) is 38.5. The number of aromatic amines is 1. The number of hydrogen-bond acceptors (Lipinski definition) is 4. The van der Waals surface area contributed by atoms with Gasteiger partial charge in [-0.25, -0.2) is 5.10 Å². The maximum atomic E-state index is 13.6. The number of benzene rings is 2. The number of rotatable bonds is 3. The first-order valence-corrected chi connectivity index (χ1v) is 12.0. The number of carbonyl (C=O) groups is 2. The summed E-state index contributed by atoms with van der Waals surface area (Å²) in [5.74, 6) is 0.418. The highest BCUT2D eigenvalue weighted by molar-refractivity contribution is 6.05. The average Bonchev–Trinajstić information content (AvgIpc) is 2.82. The molecule has 3 aromatic rings. The molecule has 34 heavy (non-hydrogen) atoms. The lowest BCUT2D eigenvalue weighted by Crippen LogP contribution is -2.61. The lowest BCUT2D eigenvalue weighted by molar-refractivity contribution is -0.149. The van der Waals surface area contributed by atoms with Gasteiger partial charge in [0.1, 0.15) is 0 Å². The van der Waals surface area contributed by atoms with Gasteiger partial charge in [0.25, 0.3) is 11.5 Å². The predicted octanol–water partition coefficient (Wildman–Crippen LogP) is 3.53. The summed E-state index contributed by atoms with van der Waals surface area (Å²) in [5, 5.41) is 7.14. The van der Waals surface area contributed by atoms with Crippen LogP contribution in [0, 0.1) is 24.2 Å². The fourth-order valence-corrected chi connectivity index (χ4v) is 7.37. The van der Waals surface area contributed by atoms with Gasteiger partial charge < -0.3 is 0 Å². The number of carbonyl (C=O) groups excluding carboxylic acids is 2. The van der Waals surface area contributed by atoms with E-state index in [1.54, 1.807) is 24.3 Å². The molecule has 4 aliphatic carbocycles. The fraction of sp³-hybridized carbons (Fsp3) is 0.407. The van der Waals surface area contributed by atoms with Gasteiger partial charge in [-0.2, -0.15) is 5.10 Å². The lowest BCUT2D eigenvalue weighted by Gasteiger charge is -2.61. The van der Waals surface area contributed by atoms with E-state index in [1.807, 2.05) is 0 Å². The number of nitrogens with one attached hydrogen (secondary N) is 3. The Labute approximate surface area is 197 Å². The highest BCUT2D eigenvalue weighted by Gasteiger charge is 2.61. The summed E-state index contributed by atoms with van der Waals surface area (Å²) < 4.78 is 0. The molecule has 174 valence electrons. The largest absolute Gasteiger partial charge is 0.290 e. The number of fused-ring (bicyclic) bond motifs is 1. The summed E-state index contributed by atoms with van der Waals surface area (Å²) in [6, 6.07) is 15.6. The van der Waals surface area contributed by atoms with Gasteiger partial charge in [-0.05, 0) is 74.3 Å². The number of H-pyrrole nitrogens is 1. The van der Waals surface area contributed by atoms with Crippen LogP contribution in [0.15, 0.2) is 53.3 Å². The van der Waals surface area contributed by atoms with E-state index < -0.39 is 11.3 Å². The first-order valence-electron chi connectivity index (χ1n) is 12.0. The topological polar surface area (TPSA) is 104 Å². The van der Waals surface area contributed by atoms with Gasteiger partial charge in [-0.15, -0.1) is 0 Å². The molecule has 7 heteroatoms. The Morgan fingerprint density at radius 3 is 2.32 bits per heavy atom. The molecule has 3 N–H and O–H groups in total. The third-order valence-corrected chi connectivity index (χ3v) is 8.41. The second-order valence-corrected chi connectivity index (χ2v) is 10.7. The van der Waals surface area contributed by atoms with Gasteiger partial charge in [-0.3, -0.25) is 25.2 Å². The van der Waals surface area contributed by atoms with Crippen molar-refractivity contribution >= 4 is 22.6 Å². The zero-order chi connectivity index (χ0) is 23.5. The van der Waals surface area contributed by atoms with Crippen molar-refractivity contribution in [2.24, 2.45) is 17.3 Å². The molecule has 1 aromatic heterocycles. The van der Waals surface area contributed by atoms with E-state index in [2.05, 4.69) is 52.2 Å². The Morgan fingerprint density at radius 1 is 0.941 bits per heavy atom. The maximum Gasteiger partial charge on any atom is 0.290 e. The molecule has 4 saturated carbocycles. The summed E-state index contributed by atoms with van der Waals surface area (Å²) in [5.41, 5.74) is 7.18. The van der Waals surface area contributed by atoms with Gasteiger partial charge in [0.15, 0.2) is 5.69 Å². The van der Waals surface area contributed by atoms with E-state index >= 15 is 0 Å². The summed E-state index contributed by atoms with van der Waals surface area (Å²) >= 11 is 0. The quantitative estimate of drug-likeness (QED) is 0.525. The van der Waals surface area contributed by atoms with Crippen molar-refractivity contribution in [3.05, 3.63) is 75.7 Å². The molecule has 0 spiro atoms. The van der Waals surface area contributed by atoms with Crippen LogP contribution in [-0.2, 0) is 10.2 Å². The summed E-state index contributed by atoms with van der Waals surface area (Å²) in [7, 11) is 0. The number of hydrogen-bond donors (Lipinski definition) is 3. The third-order valence-electron chi connectivity index (χ3n) is 8.41. The Hall–Kier alpha value is -3.48. The Bertz CT molecular complexity index is 1350. The predicted molar refractivity (Wildman–Crippen MR) is 128 cm³/mol. The van der Waals surface area contributed by atoms with Crippen molar-refractivity contribution in [2.75, 3.05) is 0 Å². The van der Waals surface area contributed by atoms with E-state index in [4.69, 9.17) is 0 Å². The van der Waals surface area contributed by atoms with Crippen LogP contribution in [-0.4, -0.2) is 22.0 Å². The molecule has 2 unspecified atom stereocenters. The summed E-state index contributed by atoms with van der Waals surface area (Å²) in [6.45, 7) is 2.10. The molecule has 7 rings (SSSR count). The Kier molecular flexibility index (Phi) is 4.66. The number of aromatic nitrogens is 2. The molecule has 4 bridgehead atoms. The van der Waals surface area contributed by atoms with E-state index in [1.165, 1.54) is 17.5 Å². The van der Waals surface area contributed by atoms with Crippen molar-refractivity contribution in [1.29, 1.82) is 0 Å². The second-order valence-electron chi connectivity index (χ2n) is 10.7. The van der Waals surface area contributed by atoms with Crippen molar-refractivity contribution in [3.8, 4) is 0 Å². The number of nitrogens with zero attached hydrogens (tertiary/aromatic N) is 1. The summed E-state index contributed by atoms with van der Waals surface area (Å²) in [6.07, 6.45) is 6.04. The average molecular weight is 457 g/mol. The van der Waals surface area contributed by atoms with E-state index in [-0.39, 0.29) is 22.6 Å². The lowest BCUT2D eigenvalue weighted by atomic mass is 9.42. The number of aryl methyl sites for hydroxylation is 1. The van der Waals surface area contributed by atoms with Crippen LogP contribution in [0.5, 0.6) is 0 Å². The molecular weight excluding hydrogens is 428 g/mol. The molecule has 1 heterocycles. The van der Waals surface area contributed by atoms with Crippen molar-refractivity contribution in [2.45, 2.75) is 50.9 Å². The monoisotopic (exact) mass is 456 g/mol. The van der Waals surface area contributed by atoms with Gasteiger partial charge in [0, 0.05) is 5.39 Å². The van der Waals surface area contributed by atoms with Gasteiger partial charge in [-0.1, -0.05) is 48.0 Å². The zero-order valence-electron chi connectivity index (χ0n) is 19.2. The van der Waals surface area contributed by atoms with E-state index in [9.17, 15) is 14.4 Å². The molecule has 0 saturated heterocycles. The zero-order valence-corrected chi connectivity index (χ0v) is 19.2. The van der Waals surface area contributed by atoms with Crippen molar-refractivity contribution < 1.29 is 9.59 Å². The van der Waals surface area contributed by atoms with Crippen LogP contribution in [0.1, 0.15) is 60.1 Å². The van der Waals surface area contributed by atoms with E-state index in [0.717, 1.165) is 32.1 Å². The highest BCUT2D eigenvalue weighted by Crippen LogP contribution is 2.65. The van der Waals surface area contributed by atoms with Crippen LogP contribution < -0.4 is 16.4 Å². The van der Waals surface area contributed by atoms with Crippen LogP contribution >= 0.6 is 0 Å². The minimum Gasteiger partial charge on any atom is -0.273 e. The van der Waals surface area contributed by atoms with Crippen LogP contribution in [0.4, 0.5) is 0 Å². The minimum absolute atomic E-state index is 0.0375. The van der Waals surface area contributed by atoms with E-state index in [0.29, 0.717) is 22.6 Å². The number of amides is 2. The molecular formula is C27H28N4O3. The SMILES string of the molecule is Cc1ccc(C23CC4CC(CC(C(=O)NNC(=O)c5n[nH]c(=O)c6ccccc56)(C4)C2)C3)cc1. The molecule has 0 aliphatic heterocycles. The van der Waals surface area contributed by atoms with Crippen molar-refractivity contribution in [3.63, 3.8) is 0 Å². The molecule has 4 aliphatic rings. The van der Waals surface area contributed by atoms with Crippen LogP contribution in [0.2, 0.25) is 0 Å². The third kappa shape index (κ3) is 3.25. The minimum atomic E-state index is -0.543.